The first-order chi connectivity index (χ1) is 14.5. The van der Waals surface area contributed by atoms with Crippen molar-refractivity contribution in [3.63, 3.8) is 0 Å². The van der Waals surface area contributed by atoms with E-state index in [2.05, 4.69) is 5.32 Å². The van der Waals surface area contributed by atoms with Crippen molar-refractivity contribution in [3.8, 4) is 0 Å². The molecule has 0 bridgehead atoms. The second-order valence-electron chi connectivity index (χ2n) is 6.71. The van der Waals surface area contributed by atoms with E-state index in [1.807, 2.05) is 24.3 Å². The molecule has 0 aromatic heterocycles. The van der Waals surface area contributed by atoms with Crippen LogP contribution in [0.25, 0.3) is 0 Å². The largest absolute Gasteiger partial charge is 0.355 e. The average Bonchev–Trinajstić information content (AvgIpc) is 2.77. The van der Waals surface area contributed by atoms with Gasteiger partial charge in [0.15, 0.2) is 0 Å². The molecule has 1 N–H and O–H groups in total. The summed E-state index contributed by atoms with van der Waals surface area (Å²) in [7, 11) is -3.87. The van der Waals surface area contributed by atoms with E-state index in [-0.39, 0.29) is 17.3 Å². The highest BCUT2D eigenvalue weighted by atomic mass is 35.5. The number of nitrogens with one attached hydrogen (secondary N) is 1. The molecule has 0 aliphatic heterocycles. The van der Waals surface area contributed by atoms with Crippen LogP contribution in [-0.2, 0) is 21.2 Å². The van der Waals surface area contributed by atoms with E-state index in [0.717, 1.165) is 16.3 Å². The summed E-state index contributed by atoms with van der Waals surface area (Å²) in [6.07, 6.45) is 1.43. The van der Waals surface area contributed by atoms with Gasteiger partial charge in [-0.2, -0.15) is 0 Å². The van der Waals surface area contributed by atoms with Gasteiger partial charge in [0, 0.05) is 11.6 Å². The van der Waals surface area contributed by atoms with Crippen molar-refractivity contribution in [1.29, 1.82) is 0 Å². The molecule has 0 atom stereocenters. The molecule has 0 heterocycles. The van der Waals surface area contributed by atoms with Gasteiger partial charge in [0.05, 0.1) is 10.6 Å². The number of para-hydroxylation sites is 1. The van der Waals surface area contributed by atoms with Gasteiger partial charge < -0.3 is 5.32 Å². The second kappa shape index (κ2) is 10.3. The lowest BCUT2D eigenvalue weighted by molar-refractivity contribution is -0.119. The third-order valence-electron chi connectivity index (χ3n) is 4.57. The van der Waals surface area contributed by atoms with Gasteiger partial charge in [0.1, 0.15) is 6.54 Å². The van der Waals surface area contributed by atoms with Gasteiger partial charge in [0.25, 0.3) is 10.0 Å². The highest BCUT2D eigenvalue weighted by molar-refractivity contribution is 7.92. The summed E-state index contributed by atoms with van der Waals surface area (Å²) in [4.78, 5) is 12.7. The van der Waals surface area contributed by atoms with Crippen LogP contribution in [-0.4, -0.2) is 27.4 Å². The van der Waals surface area contributed by atoms with Crippen molar-refractivity contribution < 1.29 is 13.2 Å². The van der Waals surface area contributed by atoms with E-state index in [1.54, 1.807) is 48.5 Å². The van der Waals surface area contributed by atoms with Crippen molar-refractivity contribution in [2.75, 3.05) is 17.4 Å². The SMILES string of the molecule is O=C(CN(c1ccccc1)S(=O)(=O)c1ccccc1)NCCCc1ccccc1Cl. The fourth-order valence-electron chi connectivity index (χ4n) is 3.02. The quantitative estimate of drug-likeness (QED) is 0.503. The molecule has 30 heavy (non-hydrogen) atoms. The molecule has 156 valence electrons. The van der Waals surface area contributed by atoms with Crippen LogP contribution in [0.4, 0.5) is 5.69 Å². The standard InChI is InChI=1S/C23H23ClN2O3S/c24-22-16-8-7-10-19(22)11-9-17-25-23(27)18-26(20-12-3-1-4-13-20)30(28,29)21-14-5-2-6-15-21/h1-8,10,12-16H,9,11,17-18H2,(H,25,27). The van der Waals surface area contributed by atoms with Gasteiger partial charge in [-0.3, -0.25) is 9.10 Å². The lowest BCUT2D eigenvalue weighted by atomic mass is 10.1. The first-order valence-electron chi connectivity index (χ1n) is 9.61. The van der Waals surface area contributed by atoms with Crippen LogP contribution < -0.4 is 9.62 Å². The number of hydrogen-bond acceptors (Lipinski definition) is 3. The number of carbonyl (C=O) groups excluding carboxylic acids is 1. The third-order valence-corrected chi connectivity index (χ3v) is 6.72. The molecular formula is C23H23ClN2O3S. The van der Waals surface area contributed by atoms with E-state index < -0.39 is 10.0 Å². The summed E-state index contributed by atoms with van der Waals surface area (Å²) in [5.41, 5.74) is 1.46. The minimum absolute atomic E-state index is 0.139. The zero-order valence-corrected chi connectivity index (χ0v) is 17.9. The molecule has 1 amide bonds. The smallest absolute Gasteiger partial charge is 0.264 e. The van der Waals surface area contributed by atoms with Crippen molar-refractivity contribution in [3.05, 3.63) is 95.5 Å². The fraction of sp³-hybridized carbons (Fsp3) is 0.174. The molecule has 0 spiro atoms. The van der Waals surface area contributed by atoms with E-state index >= 15 is 0 Å². The molecule has 5 nitrogen and oxygen atoms in total. The Bertz CT molecular complexity index is 1070. The molecule has 0 unspecified atom stereocenters. The van der Waals surface area contributed by atoms with Gasteiger partial charge >= 0.3 is 0 Å². The molecule has 7 heteroatoms. The summed E-state index contributed by atoms with van der Waals surface area (Å²) in [6, 6.07) is 24.3. The third kappa shape index (κ3) is 5.62. The predicted octanol–water partition coefficient (Wildman–Crippen LogP) is 4.28. The number of sulfonamides is 1. The highest BCUT2D eigenvalue weighted by Crippen LogP contribution is 2.23. The van der Waals surface area contributed by atoms with Crippen molar-refractivity contribution in [2.24, 2.45) is 0 Å². The van der Waals surface area contributed by atoms with Crippen LogP contribution in [0.1, 0.15) is 12.0 Å². The lowest BCUT2D eigenvalue weighted by Gasteiger charge is -2.24. The first-order valence-corrected chi connectivity index (χ1v) is 11.4. The van der Waals surface area contributed by atoms with E-state index in [1.165, 1.54) is 12.1 Å². The van der Waals surface area contributed by atoms with E-state index in [9.17, 15) is 13.2 Å². The van der Waals surface area contributed by atoms with Crippen molar-refractivity contribution in [2.45, 2.75) is 17.7 Å². The average molecular weight is 443 g/mol. The number of amides is 1. The molecule has 0 aliphatic rings. The number of halogens is 1. The molecule has 3 aromatic carbocycles. The summed E-state index contributed by atoms with van der Waals surface area (Å²) in [5, 5.41) is 3.51. The van der Waals surface area contributed by atoms with Gasteiger partial charge in [-0.05, 0) is 48.7 Å². The molecule has 0 saturated heterocycles. The van der Waals surface area contributed by atoms with Crippen LogP contribution >= 0.6 is 11.6 Å². The maximum Gasteiger partial charge on any atom is 0.264 e. The second-order valence-corrected chi connectivity index (χ2v) is 8.97. The molecule has 3 aromatic rings. The Labute approximate surface area is 182 Å². The Kier molecular flexibility index (Phi) is 7.49. The Morgan fingerprint density at radius 1 is 0.867 bits per heavy atom. The van der Waals surface area contributed by atoms with Crippen LogP contribution in [0.3, 0.4) is 0 Å². The molecule has 0 radical (unpaired) electrons. The Morgan fingerprint density at radius 3 is 2.13 bits per heavy atom. The van der Waals surface area contributed by atoms with Crippen molar-refractivity contribution >= 4 is 33.2 Å². The normalized spacial score (nSPS) is 11.1. The summed E-state index contributed by atoms with van der Waals surface area (Å²) in [5.74, 6) is -0.363. The monoisotopic (exact) mass is 442 g/mol. The minimum atomic E-state index is -3.87. The molecular weight excluding hydrogens is 420 g/mol. The van der Waals surface area contributed by atoms with E-state index in [0.29, 0.717) is 23.7 Å². The van der Waals surface area contributed by atoms with Gasteiger partial charge in [-0.25, -0.2) is 8.42 Å². The predicted molar refractivity (Wildman–Crippen MR) is 120 cm³/mol. The Balaban J connectivity index is 1.66. The minimum Gasteiger partial charge on any atom is -0.355 e. The number of anilines is 1. The topological polar surface area (TPSA) is 66.5 Å². The Morgan fingerprint density at radius 2 is 1.47 bits per heavy atom. The molecule has 0 fully saturated rings. The summed E-state index contributed by atoms with van der Waals surface area (Å²) < 4.78 is 27.4. The zero-order valence-electron chi connectivity index (χ0n) is 16.4. The number of hydrogen-bond donors (Lipinski definition) is 1. The van der Waals surface area contributed by atoms with E-state index in [4.69, 9.17) is 11.6 Å². The molecule has 3 rings (SSSR count). The number of benzene rings is 3. The maximum atomic E-state index is 13.2. The van der Waals surface area contributed by atoms with Gasteiger partial charge in [0.2, 0.25) is 5.91 Å². The van der Waals surface area contributed by atoms with Gasteiger partial charge in [-0.15, -0.1) is 0 Å². The lowest BCUT2D eigenvalue weighted by Crippen LogP contribution is -2.41. The first kappa shape index (κ1) is 21.9. The summed E-state index contributed by atoms with van der Waals surface area (Å²) in [6.45, 7) is 0.130. The summed E-state index contributed by atoms with van der Waals surface area (Å²) >= 11 is 6.15. The molecule has 0 aliphatic carbocycles. The van der Waals surface area contributed by atoms with Crippen LogP contribution in [0, 0.1) is 0 Å². The van der Waals surface area contributed by atoms with Crippen molar-refractivity contribution in [1.82, 2.24) is 5.32 Å². The number of aryl methyl sites for hydroxylation is 1. The van der Waals surface area contributed by atoms with Gasteiger partial charge in [-0.1, -0.05) is 66.2 Å². The number of nitrogens with zero attached hydrogens (tertiary/aromatic N) is 1. The zero-order chi connectivity index (χ0) is 21.4. The Hall–Kier alpha value is -2.83. The van der Waals surface area contributed by atoms with Crippen LogP contribution in [0.15, 0.2) is 89.8 Å². The van der Waals surface area contributed by atoms with Crippen LogP contribution in [0.2, 0.25) is 5.02 Å². The highest BCUT2D eigenvalue weighted by Gasteiger charge is 2.26. The maximum absolute atomic E-state index is 13.2. The number of rotatable bonds is 9. The van der Waals surface area contributed by atoms with Crippen LogP contribution in [0.5, 0.6) is 0 Å². The fourth-order valence-corrected chi connectivity index (χ4v) is 4.70. The number of carbonyl (C=O) groups is 1. The molecule has 0 saturated carbocycles.